The molecular weight excluding hydrogens is 330 g/mol. The number of aromatic nitrogens is 3. The minimum Gasteiger partial charge on any atom is -0.476 e. The summed E-state index contributed by atoms with van der Waals surface area (Å²) in [4.78, 5) is 17.1. The number of benzene rings is 1. The Kier molecular flexibility index (Phi) is 3.60. The molecule has 6 nitrogen and oxygen atoms in total. The number of fused-ring (bicyclic) bond motifs is 1. The van der Waals surface area contributed by atoms with Crippen LogP contribution in [0.4, 0.5) is 14.6 Å². The predicted molar refractivity (Wildman–Crippen MR) is 85.6 cm³/mol. The molecule has 3 aromatic rings. The summed E-state index contributed by atoms with van der Waals surface area (Å²) in [6.45, 7) is 0.621. The van der Waals surface area contributed by atoms with Gasteiger partial charge in [-0.15, -0.1) is 5.10 Å². The van der Waals surface area contributed by atoms with Crippen LogP contribution in [0.3, 0.4) is 0 Å². The fraction of sp³-hybridized carbons (Fsp3) is 0.235. The molecule has 128 valence electrons. The number of hydrogen-bond acceptors (Lipinski definition) is 4. The van der Waals surface area contributed by atoms with Crippen molar-refractivity contribution in [3.8, 4) is 0 Å². The minimum atomic E-state index is -1.13. The zero-order chi connectivity index (χ0) is 17.6. The van der Waals surface area contributed by atoms with E-state index < -0.39 is 17.6 Å². The van der Waals surface area contributed by atoms with E-state index in [4.69, 9.17) is 0 Å². The topological polar surface area (TPSA) is 70.7 Å². The standard InChI is InChI=1S/C17H14F2N4O2/c18-10-3-4-12(19)11(8-10)13-2-1-7-22(13)16-6-5-15-20-9-14(17(24)25)23(15)21-16/h3-6,8-9,13H,1-2,7H2,(H,24,25)/t13-/m1/s1. The second-order valence-corrected chi connectivity index (χ2v) is 5.93. The van der Waals surface area contributed by atoms with Gasteiger partial charge in [0, 0.05) is 12.1 Å². The maximum absolute atomic E-state index is 14.2. The molecule has 0 aliphatic carbocycles. The van der Waals surface area contributed by atoms with Gasteiger partial charge in [0.1, 0.15) is 17.5 Å². The lowest BCUT2D eigenvalue weighted by Crippen LogP contribution is -2.25. The average Bonchev–Trinajstić information content (AvgIpc) is 3.22. The lowest BCUT2D eigenvalue weighted by atomic mass is 10.0. The van der Waals surface area contributed by atoms with Crippen molar-refractivity contribution >= 4 is 17.4 Å². The molecule has 8 heteroatoms. The quantitative estimate of drug-likeness (QED) is 0.791. The monoisotopic (exact) mass is 344 g/mol. The van der Waals surface area contributed by atoms with E-state index in [9.17, 15) is 18.7 Å². The van der Waals surface area contributed by atoms with E-state index in [1.807, 2.05) is 4.90 Å². The minimum absolute atomic E-state index is 0.0514. The third kappa shape index (κ3) is 2.59. The molecular formula is C17H14F2N4O2. The van der Waals surface area contributed by atoms with Gasteiger partial charge >= 0.3 is 5.97 Å². The van der Waals surface area contributed by atoms with E-state index in [0.717, 1.165) is 18.6 Å². The van der Waals surface area contributed by atoms with E-state index in [2.05, 4.69) is 10.1 Å². The summed E-state index contributed by atoms with van der Waals surface area (Å²) in [5.74, 6) is -1.59. The summed E-state index contributed by atoms with van der Waals surface area (Å²) in [5, 5.41) is 13.6. The maximum Gasteiger partial charge on any atom is 0.356 e. The number of nitrogens with zero attached hydrogens (tertiary/aromatic N) is 4. The van der Waals surface area contributed by atoms with E-state index >= 15 is 0 Å². The molecule has 1 aliphatic heterocycles. The number of hydrogen-bond donors (Lipinski definition) is 1. The molecule has 0 amide bonds. The number of rotatable bonds is 3. The molecule has 0 spiro atoms. The first-order chi connectivity index (χ1) is 12.0. The molecule has 1 saturated heterocycles. The summed E-state index contributed by atoms with van der Waals surface area (Å²) >= 11 is 0. The summed E-state index contributed by atoms with van der Waals surface area (Å²) in [7, 11) is 0. The SMILES string of the molecule is O=C(O)c1cnc2ccc(N3CCC[C@@H]3c3cc(F)ccc3F)nn12. The highest BCUT2D eigenvalue weighted by Crippen LogP contribution is 2.36. The highest BCUT2D eigenvalue weighted by molar-refractivity contribution is 5.86. The fourth-order valence-corrected chi connectivity index (χ4v) is 3.30. The summed E-state index contributed by atoms with van der Waals surface area (Å²) in [6, 6.07) is 6.44. The van der Waals surface area contributed by atoms with Gasteiger partial charge in [-0.3, -0.25) is 0 Å². The lowest BCUT2D eigenvalue weighted by Gasteiger charge is -2.26. The normalized spacial score (nSPS) is 17.4. The van der Waals surface area contributed by atoms with Crippen molar-refractivity contribution in [3.05, 3.63) is 59.4 Å². The Balaban J connectivity index is 1.77. The Morgan fingerprint density at radius 3 is 2.88 bits per heavy atom. The maximum atomic E-state index is 14.2. The van der Waals surface area contributed by atoms with Gasteiger partial charge in [0.15, 0.2) is 11.3 Å². The van der Waals surface area contributed by atoms with Gasteiger partial charge in [-0.2, -0.15) is 0 Å². The Labute approximate surface area is 141 Å². The second-order valence-electron chi connectivity index (χ2n) is 5.93. The van der Waals surface area contributed by atoms with Crippen LogP contribution >= 0.6 is 0 Å². The van der Waals surface area contributed by atoms with E-state index in [1.165, 1.54) is 16.8 Å². The molecule has 3 heterocycles. The van der Waals surface area contributed by atoms with Crippen LogP contribution in [0.5, 0.6) is 0 Å². The van der Waals surface area contributed by atoms with Gasteiger partial charge in [0.05, 0.1) is 12.2 Å². The van der Waals surface area contributed by atoms with Gasteiger partial charge in [-0.05, 0) is 43.2 Å². The van der Waals surface area contributed by atoms with Crippen LogP contribution in [-0.4, -0.2) is 32.2 Å². The van der Waals surface area contributed by atoms with Crippen molar-refractivity contribution in [2.45, 2.75) is 18.9 Å². The van der Waals surface area contributed by atoms with E-state index in [-0.39, 0.29) is 17.3 Å². The molecule has 1 atom stereocenters. The second kappa shape index (κ2) is 5.80. The molecule has 25 heavy (non-hydrogen) atoms. The smallest absolute Gasteiger partial charge is 0.356 e. The van der Waals surface area contributed by atoms with Crippen molar-refractivity contribution in [1.29, 1.82) is 0 Å². The van der Waals surface area contributed by atoms with Crippen LogP contribution in [0.25, 0.3) is 5.65 Å². The Morgan fingerprint density at radius 2 is 2.08 bits per heavy atom. The molecule has 1 N–H and O–H groups in total. The summed E-state index contributed by atoms with van der Waals surface area (Å²) < 4.78 is 29.0. The molecule has 1 aromatic carbocycles. The number of anilines is 1. The first kappa shape index (κ1) is 15.5. The number of aromatic carboxylic acids is 1. The first-order valence-corrected chi connectivity index (χ1v) is 7.84. The van der Waals surface area contributed by atoms with Gasteiger partial charge in [-0.25, -0.2) is 23.1 Å². The van der Waals surface area contributed by atoms with Crippen molar-refractivity contribution in [2.75, 3.05) is 11.4 Å². The largest absolute Gasteiger partial charge is 0.476 e. The summed E-state index contributed by atoms with van der Waals surface area (Å²) in [5.41, 5.74) is 0.641. The molecule has 0 unspecified atom stereocenters. The summed E-state index contributed by atoms with van der Waals surface area (Å²) in [6.07, 6.45) is 2.70. The number of carbonyl (C=O) groups is 1. The van der Waals surface area contributed by atoms with Crippen molar-refractivity contribution in [3.63, 3.8) is 0 Å². The van der Waals surface area contributed by atoms with Crippen LogP contribution < -0.4 is 4.90 Å². The van der Waals surface area contributed by atoms with E-state index in [0.29, 0.717) is 24.4 Å². The molecule has 2 aromatic heterocycles. The zero-order valence-electron chi connectivity index (χ0n) is 13.1. The third-order valence-electron chi connectivity index (χ3n) is 4.43. The van der Waals surface area contributed by atoms with Gasteiger partial charge in [0.2, 0.25) is 0 Å². The number of carboxylic acid groups (broad SMARTS) is 1. The van der Waals surface area contributed by atoms with Crippen molar-refractivity contribution in [2.24, 2.45) is 0 Å². The van der Waals surface area contributed by atoms with E-state index in [1.54, 1.807) is 12.1 Å². The Morgan fingerprint density at radius 1 is 1.24 bits per heavy atom. The molecule has 0 saturated carbocycles. The predicted octanol–water partition coefficient (Wildman–Crippen LogP) is 3.05. The highest BCUT2D eigenvalue weighted by Gasteiger charge is 2.30. The Bertz CT molecular complexity index is 972. The lowest BCUT2D eigenvalue weighted by molar-refractivity contribution is 0.0688. The first-order valence-electron chi connectivity index (χ1n) is 7.84. The molecule has 0 radical (unpaired) electrons. The number of halogens is 2. The zero-order valence-corrected chi connectivity index (χ0v) is 13.1. The van der Waals surface area contributed by atoms with Gasteiger partial charge < -0.3 is 10.0 Å². The van der Waals surface area contributed by atoms with Crippen LogP contribution in [-0.2, 0) is 0 Å². The van der Waals surface area contributed by atoms with Crippen LogP contribution in [0.2, 0.25) is 0 Å². The molecule has 0 bridgehead atoms. The fourth-order valence-electron chi connectivity index (χ4n) is 3.30. The van der Waals surface area contributed by atoms with Crippen molar-refractivity contribution in [1.82, 2.24) is 14.6 Å². The van der Waals surface area contributed by atoms with Crippen LogP contribution in [0.1, 0.15) is 34.9 Å². The third-order valence-corrected chi connectivity index (χ3v) is 4.43. The van der Waals surface area contributed by atoms with Gasteiger partial charge in [-0.1, -0.05) is 0 Å². The molecule has 4 rings (SSSR count). The Hall–Kier alpha value is -3.03. The van der Waals surface area contributed by atoms with Crippen LogP contribution in [0.15, 0.2) is 36.5 Å². The molecule has 1 fully saturated rings. The average molecular weight is 344 g/mol. The molecule has 1 aliphatic rings. The highest BCUT2D eigenvalue weighted by atomic mass is 19.1. The van der Waals surface area contributed by atoms with Gasteiger partial charge in [0.25, 0.3) is 0 Å². The van der Waals surface area contributed by atoms with Crippen LogP contribution in [0, 0.1) is 11.6 Å². The number of carboxylic acids is 1. The van der Waals surface area contributed by atoms with Crippen molar-refractivity contribution < 1.29 is 18.7 Å². The number of imidazole rings is 1.